The molecule has 4 rings (SSSR count). The molecule has 30 heavy (non-hydrogen) atoms. The molecule has 5 heteroatoms. The number of aromatic hydroxyl groups is 1. The van der Waals surface area contributed by atoms with Gasteiger partial charge < -0.3 is 10.0 Å². The summed E-state index contributed by atoms with van der Waals surface area (Å²) in [5, 5.41) is 18.8. The first-order valence-electron chi connectivity index (χ1n) is 9.69. The highest BCUT2D eigenvalue weighted by Crippen LogP contribution is 2.33. The minimum absolute atomic E-state index is 0.00598. The number of carbonyl (C=O) groups is 1. The third kappa shape index (κ3) is 4.24. The Morgan fingerprint density at radius 3 is 2.37 bits per heavy atom. The summed E-state index contributed by atoms with van der Waals surface area (Å²) in [6, 6.07) is 24.3. The van der Waals surface area contributed by atoms with Crippen LogP contribution in [0.3, 0.4) is 0 Å². The van der Waals surface area contributed by atoms with Gasteiger partial charge in [0, 0.05) is 22.9 Å². The van der Waals surface area contributed by atoms with Gasteiger partial charge in [-0.05, 0) is 54.0 Å². The lowest BCUT2D eigenvalue weighted by Gasteiger charge is -2.27. The molecule has 0 atom stereocenters. The van der Waals surface area contributed by atoms with Crippen LogP contribution in [0.25, 0.3) is 5.57 Å². The molecule has 0 saturated heterocycles. The van der Waals surface area contributed by atoms with E-state index >= 15 is 0 Å². The average Bonchev–Trinajstić information content (AvgIpc) is 2.80. The number of rotatable bonds is 4. The minimum Gasteiger partial charge on any atom is -0.508 e. The Hall–Kier alpha value is -3.49. The maximum atomic E-state index is 13.2. The van der Waals surface area contributed by atoms with Crippen molar-refractivity contribution in [2.45, 2.75) is 16.2 Å². The van der Waals surface area contributed by atoms with Crippen LogP contribution in [0, 0.1) is 11.3 Å². The van der Waals surface area contributed by atoms with Crippen LogP contribution in [0.1, 0.15) is 27.9 Å². The Labute approximate surface area is 180 Å². The fourth-order valence-corrected chi connectivity index (χ4v) is 4.48. The van der Waals surface area contributed by atoms with Crippen molar-refractivity contribution in [2.75, 3.05) is 13.1 Å². The summed E-state index contributed by atoms with van der Waals surface area (Å²) in [6.45, 7) is 1.18. The first-order valence-corrected chi connectivity index (χ1v) is 10.5. The molecule has 0 aliphatic carbocycles. The summed E-state index contributed by atoms with van der Waals surface area (Å²) in [6.07, 6.45) is 2.84. The quantitative estimate of drug-likeness (QED) is 0.628. The van der Waals surface area contributed by atoms with Gasteiger partial charge in [0.05, 0.1) is 11.1 Å². The number of amides is 1. The van der Waals surface area contributed by atoms with Crippen LogP contribution in [-0.2, 0) is 0 Å². The summed E-state index contributed by atoms with van der Waals surface area (Å²) in [4.78, 5) is 16.8. The maximum absolute atomic E-state index is 13.2. The molecule has 1 N–H and O–H groups in total. The van der Waals surface area contributed by atoms with Crippen molar-refractivity contribution in [3.63, 3.8) is 0 Å². The van der Waals surface area contributed by atoms with Crippen molar-refractivity contribution in [2.24, 2.45) is 0 Å². The molecule has 0 fully saturated rings. The molecule has 3 aromatic rings. The molecule has 1 amide bonds. The van der Waals surface area contributed by atoms with Gasteiger partial charge in [-0.1, -0.05) is 54.2 Å². The Bertz CT molecular complexity index is 1150. The van der Waals surface area contributed by atoms with Crippen molar-refractivity contribution in [1.29, 1.82) is 5.26 Å². The molecule has 0 radical (unpaired) electrons. The van der Waals surface area contributed by atoms with E-state index < -0.39 is 0 Å². The van der Waals surface area contributed by atoms with E-state index in [-0.39, 0.29) is 11.7 Å². The van der Waals surface area contributed by atoms with E-state index in [9.17, 15) is 15.2 Å². The molecular formula is C25H20N2O2S. The van der Waals surface area contributed by atoms with E-state index in [0.29, 0.717) is 24.2 Å². The van der Waals surface area contributed by atoms with Crippen LogP contribution in [0.15, 0.2) is 88.7 Å². The average molecular weight is 413 g/mol. The molecule has 0 spiro atoms. The summed E-state index contributed by atoms with van der Waals surface area (Å²) >= 11 is 1.45. The zero-order valence-corrected chi connectivity index (χ0v) is 17.1. The number of benzene rings is 3. The third-order valence-electron chi connectivity index (χ3n) is 5.08. The highest BCUT2D eigenvalue weighted by Gasteiger charge is 2.22. The monoisotopic (exact) mass is 412 g/mol. The van der Waals surface area contributed by atoms with Crippen molar-refractivity contribution in [1.82, 2.24) is 4.90 Å². The zero-order valence-electron chi connectivity index (χ0n) is 16.3. The van der Waals surface area contributed by atoms with Crippen LogP contribution < -0.4 is 0 Å². The minimum atomic E-state index is -0.00598. The first-order chi connectivity index (χ1) is 14.7. The fraction of sp³-hybridized carbons (Fsp3) is 0.120. The first kappa shape index (κ1) is 19.8. The number of phenolic OH excluding ortho intramolecular Hbond substituents is 1. The van der Waals surface area contributed by atoms with Gasteiger partial charge in [-0.25, -0.2) is 0 Å². The van der Waals surface area contributed by atoms with Crippen LogP contribution in [0.2, 0.25) is 0 Å². The smallest absolute Gasteiger partial charge is 0.255 e. The third-order valence-corrected chi connectivity index (χ3v) is 6.23. The van der Waals surface area contributed by atoms with E-state index in [1.54, 1.807) is 18.2 Å². The molecule has 1 aliphatic rings. The Morgan fingerprint density at radius 1 is 0.967 bits per heavy atom. The lowest BCUT2D eigenvalue weighted by atomic mass is 9.99. The number of nitrogens with zero attached hydrogens (tertiary/aromatic N) is 2. The molecule has 0 saturated carbocycles. The molecule has 1 aliphatic heterocycles. The summed E-state index contributed by atoms with van der Waals surface area (Å²) in [7, 11) is 0. The van der Waals surface area contributed by atoms with E-state index in [2.05, 4.69) is 12.1 Å². The summed E-state index contributed by atoms with van der Waals surface area (Å²) in [5.74, 6) is 0.243. The molecule has 148 valence electrons. The number of carbonyl (C=O) groups excluding carboxylic acids is 1. The summed E-state index contributed by atoms with van der Waals surface area (Å²) in [5.41, 5.74) is 3.51. The van der Waals surface area contributed by atoms with Gasteiger partial charge >= 0.3 is 0 Å². The van der Waals surface area contributed by atoms with Crippen LogP contribution >= 0.6 is 11.8 Å². The lowest BCUT2D eigenvalue weighted by Crippen LogP contribution is -2.34. The van der Waals surface area contributed by atoms with E-state index in [1.807, 2.05) is 59.5 Å². The molecule has 1 heterocycles. The molecule has 0 bridgehead atoms. The molecule has 0 unspecified atom stereocenters. The van der Waals surface area contributed by atoms with Gasteiger partial charge in [0.2, 0.25) is 0 Å². The van der Waals surface area contributed by atoms with Crippen LogP contribution in [0.4, 0.5) is 0 Å². The second-order valence-corrected chi connectivity index (χ2v) is 8.07. The molecular weight excluding hydrogens is 392 g/mol. The summed E-state index contributed by atoms with van der Waals surface area (Å²) < 4.78 is 0. The van der Waals surface area contributed by atoms with Crippen molar-refractivity contribution in [3.05, 3.63) is 95.6 Å². The van der Waals surface area contributed by atoms with Gasteiger partial charge in [-0.2, -0.15) is 5.26 Å². The number of hydrogen-bond acceptors (Lipinski definition) is 4. The van der Waals surface area contributed by atoms with Gasteiger partial charge in [-0.15, -0.1) is 0 Å². The van der Waals surface area contributed by atoms with E-state index in [1.165, 1.54) is 17.3 Å². The predicted octanol–water partition coefficient (Wildman–Crippen LogP) is 5.34. The van der Waals surface area contributed by atoms with Gasteiger partial charge in [0.1, 0.15) is 11.8 Å². The predicted molar refractivity (Wildman–Crippen MR) is 118 cm³/mol. The highest BCUT2D eigenvalue weighted by molar-refractivity contribution is 7.99. The van der Waals surface area contributed by atoms with Crippen LogP contribution in [-0.4, -0.2) is 29.0 Å². The SMILES string of the molecule is N#Cc1ccccc1Sc1ccccc1C(=O)N1CC=C(c2ccc(O)cc2)CC1. The number of nitriles is 1. The molecule has 0 aromatic heterocycles. The fourth-order valence-electron chi connectivity index (χ4n) is 3.46. The van der Waals surface area contributed by atoms with Crippen molar-refractivity contribution in [3.8, 4) is 11.8 Å². The van der Waals surface area contributed by atoms with E-state index in [0.717, 1.165) is 21.8 Å². The number of hydrogen-bond donors (Lipinski definition) is 1. The standard InChI is InChI=1S/C25H20N2O2S/c26-17-20-5-1-3-7-23(20)30-24-8-4-2-6-22(24)25(29)27-15-13-19(14-16-27)18-9-11-21(28)12-10-18/h1-13,28H,14-16H2. The zero-order chi connectivity index (χ0) is 20.9. The maximum Gasteiger partial charge on any atom is 0.255 e. The second-order valence-electron chi connectivity index (χ2n) is 6.98. The van der Waals surface area contributed by atoms with E-state index in [4.69, 9.17) is 0 Å². The Kier molecular flexibility index (Phi) is 5.87. The van der Waals surface area contributed by atoms with Gasteiger partial charge in [0.15, 0.2) is 0 Å². The van der Waals surface area contributed by atoms with Gasteiger partial charge in [0.25, 0.3) is 5.91 Å². The Balaban J connectivity index is 1.53. The van der Waals surface area contributed by atoms with Gasteiger partial charge in [-0.3, -0.25) is 4.79 Å². The normalized spacial score (nSPS) is 13.4. The number of phenols is 1. The molecule has 4 nitrogen and oxygen atoms in total. The lowest BCUT2D eigenvalue weighted by molar-refractivity contribution is 0.0769. The van der Waals surface area contributed by atoms with Crippen molar-refractivity contribution < 1.29 is 9.90 Å². The molecule has 3 aromatic carbocycles. The largest absolute Gasteiger partial charge is 0.508 e. The Morgan fingerprint density at radius 2 is 1.67 bits per heavy atom. The van der Waals surface area contributed by atoms with Crippen LogP contribution in [0.5, 0.6) is 5.75 Å². The second kappa shape index (κ2) is 8.89. The highest BCUT2D eigenvalue weighted by atomic mass is 32.2. The topological polar surface area (TPSA) is 64.3 Å². The van der Waals surface area contributed by atoms with Crippen molar-refractivity contribution >= 4 is 23.2 Å².